The van der Waals surface area contributed by atoms with E-state index in [0.29, 0.717) is 5.56 Å². The van der Waals surface area contributed by atoms with Gasteiger partial charge in [0.2, 0.25) is 0 Å². The van der Waals surface area contributed by atoms with Crippen molar-refractivity contribution in [3.05, 3.63) is 51.8 Å². The van der Waals surface area contributed by atoms with Crippen molar-refractivity contribution in [2.45, 2.75) is 26.9 Å². The van der Waals surface area contributed by atoms with Crippen LogP contribution in [0, 0.1) is 13.8 Å². The quantitative estimate of drug-likeness (QED) is 0.890. The minimum atomic E-state index is -0.552. The average Bonchev–Trinajstić information content (AvgIpc) is 2.73. The molecule has 5 heteroatoms. The number of aliphatic hydroxyl groups is 1. The molecule has 0 saturated heterocycles. The molecule has 1 amide bonds. The van der Waals surface area contributed by atoms with Gasteiger partial charge in [0, 0.05) is 28.1 Å². The first-order valence-electron chi connectivity index (χ1n) is 6.81. The number of nitrogens with one attached hydrogen (secondary N) is 1. The Labute approximate surface area is 132 Å². The molecule has 2 rings (SSSR count). The number of hydrogen-bond donors (Lipinski definition) is 2. The molecule has 1 unspecified atom stereocenters. The fraction of sp³-hybridized carbons (Fsp3) is 0.312. The zero-order valence-corrected chi connectivity index (χ0v) is 13.9. The summed E-state index contributed by atoms with van der Waals surface area (Å²) >= 11 is 3.42. The van der Waals surface area contributed by atoms with Gasteiger partial charge in [0.25, 0.3) is 5.91 Å². The van der Waals surface area contributed by atoms with Gasteiger partial charge in [-0.2, -0.15) is 0 Å². The molecule has 1 aromatic heterocycles. The molecule has 0 radical (unpaired) electrons. The summed E-state index contributed by atoms with van der Waals surface area (Å²) in [5, 5.41) is 12.0. The summed E-state index contributed by atoms with van der Waals surface area (Å²) in [7, 11) is 0. The van der Waals surface area contributed by atoms with E-state index in [1.807, 2.05) is 48.7 Å². The Morgan fingerprint density at radius 2 is 1.95 bits per heavy atom. The molecule has 1 atom stereocenters. The van der Waals surface area contributed by atoms with Gasteiger partial charge < -0.3 is 15.0 Å². The molecule has 0 aliphatic carbocycles. The third kappa shape index (κ3) is 3.54. The molecule has 0 bridgehead atoms. The van der Waals surface area contributed by atoms with Crippen molar-refractivity contribution in [3.63, 3.8) is 0 Å². The molecular formula is C16H19BrN2O2. The largest absolute Gasteiger partial charge is 0.392 e. The highest BCUT2D eigenvalue weighted by atomic mass is 79.9. The molecule has 1 aromatic carbocycles. The molecule has 112 valence electrons. The Morgan fingerprint density at radius 1 is 1.33 bits per heavy atom. The van der Waals surface area contributed by atoms with E-state index in [0.717, 1.165) is 21.5 Å². The number of aryl methyl sites for hydroxylation is 1. The lowest BCUT2D eigenvalue weighted by atomic mass is 10.2. The lowest BCUT2D eigenvalue weighted by Crippen LogP contribution is -2.30. The standard InChI is InChI=1S/C16H19BrN2O2/c1-10-8-15(16(21)18-9-11(2)20)12(3)19(10)14-6-4-13(17)5-7-14/h4-8,11,20H,9H2,1-3H3,(H,18,21). The van der Waals surface area contributed by atoms with Gasteiger partial charge >= 0.3 is 0 Å². The average molecular weight is 351 g/mol. The highest BCUT2D eigenvalue weighted by Crippen LogP contribution is 2.22. The van der Waals surface area contributed by atoms with Crippen LogP contribution in [-0.2, 0) is 0 Å². The molecule has 4 nitrogen and oxygen atoms in total. The maximum absolute atomic E-state index is 12.2. The zero-order chi connectivity index (χ0) is 15.6. The summed E-state index contributed by atoms with van der Waals surface area (Å²) in [5.41, 5.74) is 3.54. The Bertz CT molecular complexity index is 645. The number of carbonyl (C=O) groups is 1. The highest BCUT2D eigenvalue weighted by molar-refractivity contribution is 9.10. The van der Waals surface area contributed by atoms with Crippen LogP contribution in [0.1, 0.15) is 28.7 Å². The monoisotopic (exact) mass is 350 g/mol. The van der Waals surface area contributed by atoms with Gasteiger partial charge in [-0.05, 0) is 51.1 Å². The van der Waals surface area contributed by atoms with Gasteiger partial charge in [0.15, 0.2) is 0 Å². The third-order valence-corrected chi connectivity index (χ3v) is 3.85. The van der Waals surface area contributed by atoms with Gasteiger partial charge in [-0.1, -0.05) is 15.9 Å². The van der Waals surface area contributed by atoms with Crippen LogP contribution in [0.15, 0.2) is 34.8 Å². The lowest BCUT2D eigenvalue weighted by Gasteiger charge is -2.10. The second-order valence-corrected chi connectivity index (χ2v) is 6.07. The number of halogens is 1. The summed E-state index contributed by atoms with van der Waals surface area (Å²) in [5.74, 6) is -0.160. The van der Waals surface area contributed by atoms with Crippen LogP contribution in [0.5, 0.6) is 0 Å². The highest BCUT2D eigenvalue weighted by Gasteiger charge is 2.16. The summed E-state index contributed by atoms with van der Waals surface area (Å²) in [6.07, 6.45) is -0.552. The van der Waals surface area contributed by atoms with Crippen LogP contribution >= 0.6 is 15.9 Å². The van der Waals surface area contributed by atoms with Crippen LogP contribution in [-0.4, -0.2) is 28.2 Å². The second-order valence-electron chi connectivity index (χ2n) is 5.16. The van der Waals surface area contributed by atoms with E-state index < -0.39 is 6.10 Å². The number of benzene rings is 1. The maximum Gasteiger partial charge on any atom is 0.253 e. The van der Waals surface area contributed by atoms with Crippen molar-refractivity contribution in [2.24, 2.45) is 0 Å². The van der Waals surface area contributed by atoms with Crippen molar-refractivity contribution in [1.29, 1.82) is 0 Å². The number of rotatable bonds is 4. The molecule has 0 aliphatic rings. The summed E-state index contributed by atoms with van der Waals surface area (Å²) in [6.45, 7) is 5.79. The molecule has 21 heavy (non-hydrogen) atoms. The molecule has 2 aromatic rings. The summed E-state index contributed by atoms with van der Waals surface area (Å²) in [6, 6.07) is 9.82. The molecule has 0 aliphatic heterocycles. The Balaban J connectivity index is 2.33. The third-order valence-electron chi connectivity index (χ3n) is 3.32. The first-order chi connectivity index (χ1) is 9.90. The zero-order valence-electron chi connectivity index (χ0n) is 12.4. The SMILES string of the molecule is Cc1cc(C(=O)NCC(C)O)c(C)n1-c1ccc(Br)cc1. The van der Waals surface area contributed by atoms with Crippen molar-refractivity contribution in [2.75, 3.05) is 6.54 Å². The van der Waals surface area contributed by atoms with Crippen LogP contribution in [0.25, 0.3) is 5.69 Å². The van der Waals surface area contributed by atoms with E-state index in [1.54, 1.807) is 6.92 Å². The van der Waals surface area contributed by atoms with Gasteiger partial charge in [0.05, 0.1) is 11.7 Å². The van der Waals surface area contributed by atoms with Crippen LogP contribution in [0.4, 0.5) is 0 Å². The molecule has 0 spiro atoms. The van der Waals surface area contributed by atoms with E-state index in [-0.39, 0.29) is 12.5 Å². The summed E-state index contributed by atoms with van der Waals surface area (Å²) in [4.78, 5) is 12.2. The molecular weight excluding hydrogens is 332 g/mol. The smallest absolute Gasteiger partial charge is 0.253 e. The van der Waals surface area contributed by atoms with Crippen molar-refractivity contribution >= 4 is 21.8 Å². The van der Waals surface area contributed by atoms with Gasteiger partial charge in [-0.3, -0.25) is 4.79 Å². The second kappa shape index (κ2) is 6.45. The summed E-state index contributed by atoms with van der Waals surface area (Å²) < 4.78 is 3.06. The number of carbonyl (C=O) groups excluding carboxylic acids is 1. The van der Waals surface area contributed by atoms with Gasteiger partial charge in [0.1, 0.15) is 0 Å². The Morgan fingerprint density at radius 3 is 2.52 bits per heavy atom. The number of nitrogens with zero attached hydrogens (tertiary/aromatic N) is 1. The van der Waals surface area contributed by atoms with E-state index in [4.69, 9.17) is 0 Å². The Kier molecular flexibility index (Phi) is 4.85. The lowest BCUT2D eigenvalue weighted by molar-refractivity contribution is 0.0923. The van der Waals surface area contributed by atoms with Gasteiger partial charge in [-0.15, -0.1) is 0 Å². The molecule has 2 N–H and O–H groups in total. The number of hydrogen-bond acceptors (Lipinski definition) is 2. The van der Waals surface area contributed by atoms with E-state index in [9.17, 15) is 9.90 Å². The first-order valence-corrected chi connectivity index (χ1v) is 7.60. The van der Waals surface area contributed by atoms with E-state index in [2.05, 4.69) is 21.2 Å². The normalized spacial score (nSPS) is 12.2. The fourth-order valence-electron chi connectivity index (χ4n) is 2.32. The predicted octanol–water partition coefficient (Wildman–Crippen LogP) is 2.97. The van der Waals surface area contributed by atoms with Crippen LogP contribution in [0.2, 0.25) is 0 Å². The molecule has 0 fully saturated rings. The number of aliphatic hydroxyl groups excluding tert-OH is 1. The number of amides is 1. The predicted molar refractivity (Wildman–Crippen MR) is 87.0 cm³/mol. The van der Waals surface area contributed by atoms with E-state index >= 15 is 0 Å². The molecule has 0 saturated carbocycles. The minimum absolute atomic E-state index is 0.160. The molecule has 1 heterocycles. The number of aromatic nitrogens is 1. The Hall–Kier alpha value is -1.59. The van der Waals surface area contributed by atoms with Crippen LogP contribution in [0.3, 0.4) is 0 Å². The topological polar surface area (TPSA) is 54.3 Å². The maximum atomic E-state index is 12.2. The van der Waals surface area contributed by atoms with E-state index in [1.165, 1.54) is 0 Å². The fourth-order valence-corrected chi connectivity index (χ4v) is 2.58. The van der Waals surface area contributed by atoms with Gasteiger partial charge in [-0.25, -0.2) is 0 Å². The van der Waals surface area contributed by atoms with Crippen molar-refractivity contribution < 1.29 is 9.90 Å². The first kappa shape index (κ1) is 15.8. The van der Waals surface area contributed by atoms with Crippen LogP contribution < -0.4 is 5.32 Å². The van der Waals surface area contributed by atoms with Crippen molar-refractivity contribution in [1.82, 2.24) is 9.88 Å². The van der Waals surface area contributed by atoms with Crippen molar-refractivity contribution in [3.8, 4) is 5.69 Å². The minimum Gasteiger partial charge on any atom is -0.392 e.